The number of hydrogen-bond acceptors (Lipinski definition) is 2. The molecule has 1 aliphatic heterocycles. The fourth-order valence-electron chi connectivity index (χ4n) is 2.92. The van der Waals surface area contributed by atoms with Crippen molar-refractivity contribution in [3.8, 4) is 5.75 Å². The minimum atomic E-state index is -0.153. The van der Waals surface area contributed by atoms with Crippen molar-refractivity contribution in [1.82, 2.24) is 9.88 Å². The van der Waals surface area contributed by atoms with E-state index in [1.165, 1.54) is 22.2 Å². The zero-order valence-electron chi connectivity index (χ0n) is 12.9. The third kappa shape index (κ3) is 2.75. The summed E-state index contributed by atoms with van der Waals surface area (Å²) in [6.07, 6.45) is 2.24. The van der Waals surface area contributed by atoms with E-state index in [0.717, 1.165) is 31.7 Å². The van der Waals surface area contributed by atoms with Crippen LogP contribution in [0.4, 0.5) is 0 Å². The van der Waals surface area contributed by atoms with Crippen LogP contribution in [0.5, 0.6) is 5.75 Å². The van der Waals surface area contributed by atoms with Crippen molar-refractivity contribution in [2.45, 2.75) is 18.1 Å². The molecule has 0 saturated carbocycles. The van der Waals surface area contributed by atoms with Crippen LogP contribution in [0.15, 0.2) is 18.2 Å². The number of aromatic nitrogens is 1. The number of fused-ring (bicyclic) bond motifs is 3. The molecule has 2 aromatic rings. The maximum Gasteiger partial charge on any atom is 0.135 e. The van der Waals surface area contributed by atoms with Crippen LogP contribution in [0.1, 0.15) is 11.3 Å². The van der Waals surface area contributed by atoms with E-state index in [4.69, 9.17) is 4.74 Å². The molecule has 1 aromatic heterocycles. The van der Waals surface area contributed by atoms with Crippen LogP contribution < -0.4 is 4.74 Å². The van der Waals surface area contributed by atoms with Gasteiger partial charge in [-0.1, -0.05) is 0 Å². The average Bonchev–Trinajstić information content (AvgIpc) is 2.58. The lowest BCUT2D eigenvalue weighted by molar-refractivity contribution is 0.319. The lowest BCUT2D eigenvalue weighted by atomic mass is 9.52. The van der Waals surface area contributed by atoms with Crippen molar-refractivity contribution in [1.29, 1.82) is 0 Å². The Morgan fingerprint density at radius 2 is 1.95 bits per heavy atom. The third-order valence-corrected chi connectivity index (χ3v) is 3.88. The van der Waals surface area contributed by atoms with Crippen LogP contribution >= 0.6 is 0 Å². The Balaban J connectivity index is 1.97. The van der Waals surface area contributed by atoms with E-state index in [2.05, 4.69) is 58.7 Å². The van der Waals surface area contributed by atoms with Crippen LogP contribution in [-0.2, 0) is 12.8 Å². The predicted octanol–water partition coefficient (Wildman–Crippen LogP) is -0.912. The molecule has 1 aromatic carbocycles. The van der Waals surface area contributed by atoms with Crippen molar-refractivity contribution >= 4 is 34.4 Å². The SMILES string of the molecule is BC(B)(B)Oc1ccc2c3c([nH]c2c1)CCN(C)CC3. The van der Waals surface area contributed by atoms with E-state index in [1.807, 2.05) is 0 Å². The van der Waals surface area contributed by atoms with Gasteiger partial charge in [0.15, 0.2) is 0 Å². The van der Waals surface area contributed by atoms with Gasteiger partial charge in [-0.2, -0.15) is 0 Å². The van der Waals surface area contributed by atoms with E-state index in [0.29, 0.717) is 0 Å². The smallest absolute Gasteiger partial charge is 0.135 e. The Labute approximate surface area is 123 Å². The van der Waals surface area contributed by atoms with Gasteiger partial charge in [-0.25, -0.2) is 0 Å². The van der Waals surface area contributed by atoms with E-state index in [9.17, 15) is 0 Å². The molecule has 0 amide bonds. The second-order valence-corrected chi connectivity index (χ2v) is 6.81. The normalized spacial score (nSPS) is 16.9. The maximum absolute atomic E-state index is 5.96. The first-order chi connectivity index (χ1) is 9.42. The maximum atomic E-state index is 5.96. The van der Waals surface area contributed by atoms with Gasteiger partial charge in [0.2, 0.25) is 0 Å². The van der Waals surface area contributed by atoms with Gasteiger partial charge >= 0.3 is 0 Å². The molecular weight excluding hydrogens is 245 g/mol. The first kappa shape index (κ1) is 13.7. The van der Waals surface area contributed by atoms with Crippen LogP contribution in [-0.4, -0.2) is 58.9 Å². The second kappa shape index (κ2) is 4.92. The summed E-state index contributed by atoms with van der Waals surface area (Å²) in [5.41, 5.74) is 4.10. The van der Waals surface area contributed by atoms with Gasteiger partial charge in [-0.3, -0.25) is 0 Å². The summed E-state index contributed by atoms with van der Waals surface area (Å²) in [7, 11) is 8.44. The molecule has 3 nitrogen and oxygen atoms in total. The molecule has 3 rings (SSSR count). The van der Waals surface area contributed by atoms with Crippen molar-refractivity contribution in [2.75, 3.05) is 20.1 Å². The topological polar surface area (TPSA) is 28.3 Å². The zero-order valence-corrected chi connectivity index (χ0v) is 12.9. The first-order valence-electron chi connectivity index (χ1n) is 7.43. The monoisotopic (exact) mass is 266 g/mol. The molecule has 0 radical (unpaired) electrons. The molecule has 2 heterocycles. The first-order valence-corrected chi connectivity index (χ1v) is 7.43. The molecule has 1 aliphatic rings. The van der Waals surface area contributed by atoms with E-state index in [1.54, 1.807) is 0 Å². The fraction of sp³-hybridized carbons (Fsp3) is 0.429. The summed E-state index contributed by atoms with van der Waals surface area (Å²) in [6, 6.07) is 6.44. The van der Waals surface area contributed by atoms with E-state index < -0.39 is 0 Å². The molecule has 0 atom stereocenters. The average molecular weight is 266 g/mol. The summed E-state index contributed by atoms with van der Waals surface area (Å²) in [5.74, 6) is 0.943. The van der Waals surface area contributed by atoms with Gasteiger partial charge in [-0.05, 0) is 31.2 Å². The molecule has 6 heteroatoms. The zero-order chi connectivity index (χ0) is 14.3. The van der Waals surface area contributed by atoms with Gasteiger partial charge in [0.25, 0.3) is 0 Å². The quantitative estimate of drug-likeness (QED) is 0.712. The van der Waals surface area contributed by atoms with Crippen molar-refractivity contribution in [3.05, 3.63) is 29.5 Å². The molecule has 0 aliphatic carbocycles. The van der Waals surface area contributed by atoms with E-state index in [-0.39, 0.29) is 5.30 Å². The molecule has 0 unspecified atom stereocenters. The van der Waals surface area contributed by atoms with Crippen LogP contribution in [0.2, 0.25) is 0 Å². The highest BCUT2D eigenvalue weighted by atomic mass is 16.5. The van der Waals surface area contributed by atoms with Crippen molar-refractivity contribution in [3.63, 3.8) is 0 Å². The minimum absolute atomic E-state index is 0.153. The minimum Gasteiger partial charge on any atom is -0.514 e. The Hall–Kier alpha value is -1.29. The van der Waals surface area contributed by atoms with Gasteiger partial charge in [-0.15, -0.1) is 0 Å². The molecule has 102 valence electrons. The van der Waals surface area contributed by atoms with Gasteiger partial charge in [0.05, 0.1) is 0 Å². The van der Waals surface area contributed by atoms with E-state index >= 15 is 0 Å². The van der Waals surface area contributed by atoms with Gasteiger partial charge in [0.1, 0.15) is 29.3 Å². The molecule has 1 N–H and O–H groups in total. The lowest BCUT2D eigenvalue weighted by Gasteiger charge is -2.21. The molecular formula is C14H21B3N2O. The fourth-order valence-corrected chi connectivity index (χ4v) is 2.92. The third-order valence-electron chi connectivity index (χ3n) is 3.88. The second-order valence-electron chi connectivity index (χ2n) is 6.81. The summed E-state index contributed by atoms with van der Waals surface area (Å²) < 4.78 is 5.96. The Kier molecular flexibility index (Phi) is 3.37. The van der Waals surface area contributed by atoms with Crippen LogP contribution in [0.25, 0.3) is 10.9 Å². The van der Waals surface area contributed by atoms with Gasteiger partial charge in [0, 0.05) is 47.5 Å². The van der Waals surface area contributed by atoms with Crippen LogP contribution in [0, 0.1) is 0 Å². The summed E-state index contributed by atoms with van der Waals surface area (Å²) in [4.78, 5) is 6.00. The molecule has 0 spiro atoms. The summed E-state index contributed by atoms with van der Waals surface area (Å²) in [5, 5.41) is 1.21. The number of ether oxygens (including phenoxy) is 1. The number of rotatable bonds is 2. The molecule has 0 bridgehead atoms. The van der Waals surface area contributed by atoms with Gasteiger partial charge < -0.3 is 14.6 Å². The number of benzene rings is 1. The number of nitrogens with zero attached hydrogens (tertiary/aromatic N) is 1. The molecule has 0 saturated heterocycles. The van der Waals surface area contributed by atoms with Crippen molar-refractivity contribution in [2.24, 2.45) is 0 Å². The number of H-pyrrole nitrogens is 1. The highest BCUT2D eigenvalue weighted by molar-refractivity contribution is 6.58. The number of likely N-dealkylation sites (N-methyl/N-ethyl adjacent to an activating group) is 1. The molecule has 20 heavy (non-hydrogen) atoms. The number of aromatic amines is 1. The summed E-state index contributed by atoms with van der Waals surface area (Å²) in [6.45, 7) is 2.27. The highest BCUT2D eigenvalue weighted by Crippen LogP contribution is 2.29. The standard InChI is InChI=1S/C14H21B3N2O/c1-19-6-4-11-10-3-2-9(20-14(15,16)17)8-13(10)18-12(11)5-7-19/h2-3,8,18H,4-7,15-17H2,1H3. The number of hydrogen-bond donors (Lipinski definition) is 1. The Morgan fingerprint density at radius 3 is 2.70 bits per heavy atom. The summed E-state index contributed by atoms with van der Waals surface area (Å²) >= 11 is 0. The molecule has 0 fully saturated rings. The largest absolute Gasteiger partial charge is 0.514 e. The van der Waals surface area contributed by atoms with Crippen molar-refractivity contribution < 1.29 is 4.74 Å². The highest BCUT2D eigenvalue weighted by Gasteiger charge is 2.18. The predicted molar refractivity (Wildman–Crippen MR) is 92.2 cm³/mol. The lowest BCUT2D eigenvalue weighted by Crippen LogP contribution is -2.37. The van der Waals surface area contributed by atoms with Crippen LogP contribution in [0.3, 0.4) is 0 Å². The number of nitrogens with one attached hydrogen (secondary N) is 1. The Morgan fingerprint density at radius 1 is 1.20 bits per heavy atom. The Bertz CT molecular complexity index is 633.